The lowest BCUT2D eigenvalue weighted by Gasteiger charge is -2.39. The van der Waals surface area contributed by atoms with Crippen molar-refractivity contribution in [1.29, 1.82) is 0 Å². The topological polar surface area (TPSA) is 139 Å². The van der Waals surface area contributed by atoms with Crippen LogP contribution in [0.2, 0.25) is 0 Å². The number of hydrogen-bond donors (Lipinski definition) is 3. The zero-order valence-electron chi connectivity index (χ0n) is 19.0. The van der Waals surface area contributed by atoms with Gasteiger partial charge in [-0.25, -0.2) is 4.79 Å². The van der Waals surface area contributed by atoms with Crippen molar-refractivity contribution in [2.75, 3.05) is 6.54 Å². The molecule has 2 aliphatic heterocycles. The Morgan fingerprint density at radius 2 is 1.87 bits per heavy atom. The number of esters is 1. The van der Waals surface area contributed by atoms with E-state index in [4.69, 9.17) is 15.2 Å². The number of carbonyl (C=O) groups excluding carboxylic acids is 3. The molecule has 2 heterocycles. The molecule has 7 atom stereocenters. The number of nitrogens with zero attached hydrogens (tertiary/aromatic N) is 1. The van der Waals surface area contributed by atoms with Crippen LogP contribution in [0.15, 0.2) is 11.6 Å². The van der Waals surface area contributed by atoms with Crippen molar-refractivity contribution >= 4 is 17.7 Å². The van der Waals surface area contributed by atoms with Gasteiger partial charge in [0.1, 0.15) is 6.04 Å². The molecule has 0 aromatic carbocycles. The Morgan fingerprint density at radius 3 is 2.48 bits per heavy atom. The largest absolute Gasteiger partial charge is 0.441 e. The Morgan fingerprint density at radius 1 is 1.23 bits per heavy atom. The number of rotatable bonds is 7. The second-order valence-electron chi connectivity index (χ2n) is 8.96. The van der Waals surface area contributed by atoms with Gasteiger partial charge in [-0.2, -0.15) is 0 Å². The molecule has 1 amide bonds. The number of aliphatic hydroxyl groups excluding tert-OH is 1. The predicted octanol–water partition coefficient (Wildman–Crippen LogP) is 0.861. The minimum atomic E-state index is -2.20. The summed E-state index contributed by atoms with van der Waals surface area (Å²) in [5.41, 5.74) is 6.53. The Labute approximate surface area is 183 Å². The van der Waals surface area contributed by atoms with Gasteiger partial charge < -0.3 is 24.6 Å². The second kappa shape index (κ2) is 10.2. The van der Waals surface area contributed by atoms with E-state index >= 15 is 0 Å². The van der Waals surface area contributed by atoms with Gasteiger partial charge in [-0.15, -0.1) is 0 Å². The van der Waals surface area contributed by atoms with E-state index in [9.17, 15) is 24.6 Å². The zero-order valence-corrected chi connectivity index (χ0v) is 19.0. The Hall–Kier alpha value is -1.81. The first-order chi connectivity index (χ1) is 14.4. The third-order valence-electron chi connectivity index (χ3n) is 6.34. The molecule has 2 aliphatic rings. The maximum Gasteiger partial charge on any atom is 0.330 e. The number of aliphatic hydroxyl groups is 2. The molecule has 0 saturated carbocycles. The number of Topliss-reactive ketones (excluding diaryl/α,β-unsaturated/α-hetero) is 1. The third kappa shape index (κ3) is 5.71. The van der Waals surface area contributed by atoms with E-state index in [0.717, 1.165) is 4.90 Å². The van der Waals surface area contributed by atoms with Crippen LogP contribution in [0, 0.1) is 11.8 Å². The molecule has 2 rings (SSSR count). The van der Waals surface area contributed by atoms with Crippen molar-refractivity contribution < 1.29 is 34.1 Å². The van der Waals surface area contributed by atoms with Crippen molar-refractivity contribution in [3.8, 4) is 0 Å². The molecule has 31 heavy (non-hydrogen) atoms. The number of likely N-dealkylation sites (tertiary alicyclic amines) is 1. The molecular weight excluding hydrogens is 404 g/mol. The normalized spacial score (nSPS) is 32.3. The second-order valence-corrected chi connectivity index (χ2v) is 8.96. The molecule has 0 aliphatic carbocycles. The smallest absolute Gasteiger partial charge is 0.330 e. The summed E-state index contributed by atoms with van der Waals surface area (Å²) >= 11 is 0. The van der Waals surface area contributed by atoms with Crippen LogP contribution in [0.3, 0.4) is 0 Å². The van der Waals surface area contributed by atoms with Crippen molar-refractivity contribution in [3.63, 3.8) is 0 Å². The van der Waals surface area contributed by atoms with Crippen LogP contribution >= 0.6 is 0 Å². The van der Waals surface area contributed by atoms with Crippen LogP contribution < -0.4 is 5.73 Å². The van der Waals surface area contributed by atoms with Crippen molar-refractivity contribution in [1.82, 2.24) is 4.90 Å². The molecule has 0 radical (unpaired) electrons. The average Bonchev–Trinajstić information content (AvgIpc) is 3.19. The summed E-state index contributed by atoms with van der Waals surface area (Å²) < 4.78 is 10.8. The van der Waals surface area contributed by atoms with E-state index in [2.05, 4.69) is 0 Å². The highest BCUT2D eigenvalue weighted by Gasteiger charge is 2.52. The lowest BCUT2D eigenvalue weighted by molar-refractivity contribution is -0.259. The standard InChI is InChI=1S/C22H36N2O7/c1-12(16(5)25)11-13(2)19(23)30-21(28)17-7-6-10-24(17)20(27)18(26)22(29)14(3)8-9-15(4)31-22/h11-12,14-17,19,25,29H,6-10,23H2,1-5H3/b13-11+. The molecule has 2 fully saturated rings. The van der Waals surface area contributed by atoms with E-state index in [1.807, 2.05) is 6.92 Å². The van der Waals surface area contributed by atoms with Gasteiger partial charge in [0.05, 0.1) is 12.2 Å². The highest BCUT2D eigenvalue weighted by Crippen LogP contribution is 2.34. The molecular formula is C22H36N2O7. The van der Waals surface area contributed by atoms with E-state index in [1.165, 1.54) is 0 Å². The Balaban J connectivity index is 2.08. The van der Waals surface area contributed by atoms with Gasteiger partial charge in [0.15, 0.2) is 6.23 Å². The maximum absolute atomic E-state index is 12.9. The van der Waals surface area contributed by atoms with Gasteiger partial charge in [0.2, 0.25) is 5.79 Å². The summed E-state index contributed by atoms with van der Waals surface area (Å²) in [6.07, 6.45) is 1.85. The quantitative estimate of drug-likeness (QED) is 0.229. The van der Waals surface area contributed by atoms with Crippen LogP contribution in [-0.4, -0.2) is 69.6 Å². The highest BCUT2D eigenvalue weighted by molar-refractivity contribution is 6.39. The summed E-state index contributed by atoms with van der Waals surface area (Å²) in [7, 11) is 0. The summed E-state index contributed by atoms with van der Waals surface area (Å²) in [5.74, 6) is -5.62. The van der Waals surface area contributed by atoms with Gasteiger partial charge in [-0.1, -0.05) is 19.9 Å². The number of ether oxygens (including phenoxy) is 2. The van der Waals surface area contributed by atoms with Crippen LogP contribution in [0.5, 0.6) is 0 Å². The van der Waals surface area contributed by atoms with Crippen LogP contribution in [0.4, 0.5) is 0 Å². The van der Waals surface area contributed by atoms with Gasteiger partial charge in [0.25, 0.3) is 11.7 Å². The van der Waals surface area contributed by atoms with E-state index in [-0.39, 0.29) is 18.6 Å². The molecule has 0 aromatic heterocycles. The fraction of sp³-hybridized carbons (Fsp3) is 0.773. The Bertz CT molecular complexity index is 723. The highest BCUT2D eigenvalue weighted by atomic mass is 16.6. The summed E-state index contributed by atoms with van der Waals surface area (Å²) in [4.78, 5) is 39.6. The number of carbonyl (C=O) groups is 3. The zero-order chi connectivity index (χ0) is 23.5. The fourth-order valence-electron chi connectivity index (χ4n) is 3.92. The SMILES string of the molecule is C/C(=C\C(C)C(C)O)C(N)OC(=O)C1CCCN1C(=O)C(=O)C1(O)OC(C)CCC1C. The fourth-order valence-corrected chi connectivity index (χ4v) is 3.92. The van der Waals surface area contributed by atoms with Gasteiger partial charge in [-0.05, 0) is 52.0 Å². The third-order valence-corrected chi connectivity index (χ3v) is 6.34. The van der Waals surface area contributed by atoms with Crippen LogP contribution in [-0.2, 0) is 23.9 Å². The molecule has 9 nitrogen and oxygen atoms in total. The van der Waals surface area contributed by atoms with Crippen molar-refractivity contribution in [2.45, 2.75) is 90.6 Å². The van der Waals surface area contributed by atoms with E-state index < -0.39 is 47.7 Å². The van der Waals surface area contributed by atoms with E-state index in [0.29, 0.717) is 31.3 Å². The lowest BCUT2D eigenvalue weighted by atomic mass is 9.87. The van der Waals surface area contributed by atoms with Crippen LogP contribution in [0.25, 0.3) is 0 Å². The number of amides is 1. The van der Waals surface area contributed by atoms with E-state index in [1.54, 1.807) is 33.8 Å². The van der Waals surface area contributed by atoms with Crippen molar-refractivity contribution in [3.05, 3.63) is 11.6 Å². The van der Waals surface area contributed by atoms with Gasteiger partial charge >= 0.3 is 5.97 Å². The number of hydrogen-bond acceptors (Lipinski definition) is 8. The molecule has 4 N–H and O–H groups in total. The Kier molecular flexibility index (Phi) is 8.38. The number of nitrogens with two attached hydrogens (primary N) is 1. The predicted molar refractivity (Wildman–Crippen MR) is 112 cm³/mol. The summed E-state index contributed by atoms with van der Waals surface area (Å²) in [6, 6.07) is -0.954. The summed E-state index contributed by atoms with van der Waals surface area (Å²) in [5, 5.41) is 20.4. The lowest BCUT2D eigenvalue weighted by Crippen LogP contribution is -2.58. The molecule has 176 valence electrons. The first-order valence-corrected chi connectivity index (χ1v) is 11.0. The van der Waals surface area contributed by atoms with Crippen molar-refractivity contribution in [2.24, 2.45) is 17.6 Å². The molecule has 0 aromatic rings. The first-order valence-electron chi connectivity index (χ1n) is 11.0. The summed E-state index contributed by atoms with van der Waals surface area (Å²) in [6.45, 7) is 8.75. The number of ketones is 1. The molecule has 7 unspecified atom stereocenters. The molecule has 9 heteroatoms. The molecule has 0 spiro atoms. The van der Waals surface area contributed by atoms with Gasteiger partial charge in [-0.3, -0.25) is 15.3 Å². The minimum absolute atomic E-state index is 0.174. The monoisotopic (exact) mass is 440 g/mol. The average molecular weight is 441 g/mol. The maximum atomic E-state index is 12.9. The molecule has 0 bridgehead atoms. The minimum Gasteiger partial charge on any atom is -0.441 e. The first kappa shape index (κ1) is 25.5. The van der Waals surface area contributed by atoms with Crippen LogP contribution in [0.1, 0.15) is 60.3 Å². The van der Waals surface area contributed by atoms with Gasteiger partial charge in [0, 0.05) is 18.4 Å². The molecule has 2 saturated heterocycles.